The molecule has 0 aliphatic heterocycles. The van der Waals surface area contributed by atoms with Crippen molar-refractivity contribution in [3.05, 3.63) is 24.3 Å². The van der Waals surface area contributed by atoms with Crippen LogP contribution in [0.1, 0.15) is 19.8 Å². The average Bonchev–Trinajstić information content (AvgIpc) is 2.26. The molecular formula is C12H18O2S. The van der Waals surface area contributed by atoms with Crippen LogP contribution >= 0.6 is 12.6 Å². The van der Waals surface area contributed by atoms with E-state index in [2.05, 4.69) is 12.6 Å². The number of hydrogen-bond donors (Lipinski definition) is 1. The summed E-state index contributed by atoms with van der Waals surface area (Å²) in [7, 11) is 0. The zero-order chi connectivity index (χ0) is 10.9. The molecule has 0 saturated carbocycles. The molecule has 0 spiro atoms. The largest absolute Gasteiger partial charge is 0.494 e. The molecule has 15 heavy (non-hydrogen) atoms. The van der Waals surface area contributed by atoms with Gasteiger partial charge in [0, 0.05) is 6.07 Å². The van der Waals surface area contributed by atoms with Gasteiger partial charge in [0.2, 0.25) is 0 Å². The van der Waals surface area contributed by atoms with Gasteiger partial charge in [0.05, 0.1) is 13.2 Å². The Labute approximate surface area is 97.0 Å². The van der Waals surface area contributed by atoms with E-state index in [-0.39, 0.29) is 0 Å². The monoisotopic (exact) mass is 226 g/mol. The second kappa shape index (κ2) is 7.46. The second-order valence-corrected chi connectivity index (χ2v) is 3.63. The van der Waals surface area contributed by atoms with Crippen molar-refractivity contribution in [3.63, 3.8) is 0 Å². The molecule has 0 heterocycles. The molecule has 0 aromatic heterocycles. The van der Waals surface area contributed by atoms with Crippen LogP contribution in [0.5, 0.6) is 11.5 Å². The normalized spacial score (nSPS) is 10.0. The minimum atomic E-state index is 0.684. The van der Waals surface area contributed by atoms with Gasteiger partial charge in [0.15, 0.2) is 0 Å². The van der Waals surface area contributed by atoms with Crippen LogP contribution in [0.2, 0.25) is 0 Å². The first kappa shape index (κ1) is 12.2. The Hall–Kier alpha value is -0.830. The lowest BCUT2D eigenvalue weighted by Gasteiger charge is -2.07. The molecule has 1 rings (SSSR count). The van der Waals surface area contributed by atoms with Crippen LogP contribution in [0.25, 0.3) is 0 Å². The SMILES string of the molecule is CCOc1cccc(OCCCCS)c1. The first-order chi connectivity index (χ1) is 7.36. The maximum Gasteiger partial charge on any atom is 0.122 e. The van der Waals surface area contributed by atoms with Gasteiger partial charge in [-0.05, 0) is 37.7 Å². The van der Waals surface area contributed by atoms with E-state index in [1.54, 1.807) is 0 Å². The van der Waals surface area contributed by atoms with Crippen LogP contribution in [0.3, 0.4) is 0 Å². The predicted molar refractivity (Wildman–Crippen MR) is 66.2 cm³/mol. The summed E-state index contributed by atoms with van der Waals surface area (Å²) in [4.78, 5) is 0. The van der Waals surface area contributed by atoms with Crippen molar-refractivity contribution in [2.75, 3.05) is 19.0 Å². The number of ether oxygens (including phenoxy) is 2. The Kier molecular flexibility index (Phi) is 6.09. The van der Waals surface area contributed by atoms with Gasteiger partial charge in [0.1, 0.15) is 11.5 Å². The van der Waals surface area contributed by atoms with Crippen LogP contribution in [-0.4, -0.2) is 19.0 Å². The molecule has 0 amide bonds. The topological polar surface area (TPSA) is 18.5 Å². The zero-order valence-electron chi connectivity index (χ0n) is 9.11. The van der Waals surface area contributed by atoms with Gasteiger partial charge in [-0.15, -0.1) is 0 Å². The van der Waals surface area contributed by atoms with Crippen LogP contribution in [0, 0.1) is 0 Å². The predicted octanol–water partition coefficient (Wildman–Crippen LogP) is 3.17. The molecule has 3 heteroatoms. The van der Waals surface area contributed by atoms with Crippen molar-refractivity contribution in [3.8, 4) is 11.5 Å². The Bertz CT molecular complexity index is 276. The molecule has 0 unspecified atom stereocenters. The molecule has 1 aromatic rings. The fraction of sp³-hybridized carbons (Fsp3) is 0.500. The quantitative estimate of drug-likeness (QED) is 0.568. The highest BCUT2D eigenvalue weighted by atomic mass is 32.1. The van der Waals surface area contributed by atoms with Crippen LogP contribution in [0.4, 0.5) is 0 Å². The maximum atomic E-state index is 5.58. The fourth-order valence-corrected chi connectivity index (χ4v) is 1.45. The maximum absolute atomic E-state index is 5.58. The number of unbranched alkanes of at least 4 members (excludes halogenated alkanes) is 1. The molecule has 0 radical (unpaired) electrons. The van der Waals surface area contributed by atoms with Crippen molar-refractivity contribution >= 4 is 12.6 Å². The van der Waals surface area contributed by atoms with Gasteiger partial charge in [-0.2, -0.15) is 12.6 Å². The molecule has 84 valence electrons. The molecule has 2 nitrogen and oxygen atoms in total. The molecule has 0 N–H and O–H groups in total. The lowest BCUT2D eigenvalue weighted by Crippen LogP contribution is -1.98. The Balaban J connectivity index is 2.36. The highest BCUT2D eigenvalue weighted by Gasteiger charge is 1.96. The van der Waals surface area contributed by atoms with Crippen LogP contribution in [-0.2, 0) is 0 Å². The minimum absolute atomic E-state index is 0.684. The number of rotatable bonds is 7. The lowest BCUT2D eigenvalue weighted by molar-refractivity contribution is 0.303. The molecule has 0 fully saturated rings. The highest BCUT2D eigenvalue weighted by Crippen LogP contribution is 2.19. The molecule has 0 bridgehead atoms. The first-order valence-corrected chi connectivity index (χ1v) is 5.96. The summed E-state index contributed by atoms with van der Waals surface area (Å²) in [6.07, 6.45) is 2.14. The average molecular weight is 226 g/mol. The van der Waals surface area contributed by atoms with Gasteiger partial charge in [0.25, 0.3) is 0 Å². The summed E-state index contributed by atoms with van der Waals surface area (Å²) in [5.41, 5.74) is 0. The first-order valence-electron chi connectivity index (χ1n) is 5.33. The third-order valence-electron chi connectivity index (χ3n) is 1.94. The molecule has 0 saturated heterocycles. The standard InChI is InChI=1S/C12H18O2S/c1-2-13-11-6-5-7-12(10-11)14-8-3-4-9-15/h5-7,10,15H,2-4,8-9H2,1H3. The Morgan fingerprint density at radius 1 is 1.13 bits per heavy atom. The van der Waals surface area contributed by atoms with E-state index in [0.717, 1.165) is 36.7 Å². The molecule has 0 aliphatic carbocycles. The summed E-state index contributed by atoms with van der Waals surface area (Å²) >= 11 is 4.15. The Morgan fingerprint density at radius 2 is 1.87 bits per heavy atom. The van der Waals surface area contributed by atoms with Crippen molar-refractivity contribution in [1.29, 1.82) is 0 Å². The van der Waals surface area contributed by atoms with E-state index >= 15 is 0 Å². The van der Waals surface area contributed by atoms with Gasteiger partial charge in [-0.1, -0.05) is 6.07 Å². The number of thiol groups is 1. The van der Waals surface area contributed by atoms with Crippen LogP contribution in [0.15, 0.2) is 24.3 Å². The van der Waals surface area contributed by atoms with Crippen molar-refractivity contribution in [2.45, 2.75) is 19.8 Å². The smallest absolute Gasteiger partial charge is 0.122 e. The van der Waals surface area contributed by atoms with Crippen molar-refractivity contribution < 1.29 is 9.47 Å². The van der Waals surface area contributed by atoms with Gasteiger partial charge < -0.3 is 9.47 Å². The summed E-state index contributed by atoms with van der Waals surface area (Å²) < 4.78 is 11.0. The van der Waals surface area contributed by atoms with Crippen molar-refractivity contribution in [2.24, 2.45) is 0 Å². The van der Waals surface area contributed by atoms with Gasteiger partial charge >= 0.3 is 0 Å². The molecule has 1 aromatic carbocycles. The van der Waals surface area contributed by atoms with E-state index in [0.29, 0.717) is 6.61 Å². The second-order valence-electron chi connectivity index (χ2n) is 3.19. The Morgan fingerprint density at radius 3 is 2.53 bits per heavy atom. The molecule has 0 aliphatic rings. The van der Waals surface area contributed by atoms with E-state index in [9.17, 15) is 0 Å². The third-order valence-corrected chi connectivity index (χ3v) is 2.25. The van der Waals surface area contributed by atoms with Crippen LogP contribution < -0.4 is 9.47 Å². The van der Waals surface area contributed by atoms with E-state index < -0.39 is 0 Å². The van der Waals surface area contributed by atoms with E-state index in [4.69, 9.17) is 9.47 Å². The number of hydrogen-bond acceptors (Lipinski definition) is 3. The van der Waals surface area contributed by atoms with E-state index in [1.165, 1.54) is 0 Å². The summed E-state index contributed by atoms with van der Waals surface area (Å²) in [5, 5.41) is 0. The van der Waals surface area contributed by atoms with Crippen molar-refractivity contribution in [1.82, 2.24) is 0 Å². The number of benzene rings is 1. The zero-order valence-corrected chi connectivity index (χ0v) is 10.0. The lowest BCUT2D eigenvalue weighted by atomic mass is 10.3. The molecular weight excluding hydrogens is 208 g/mol. The summed E-state index contributed by atoms with van der Waals surface area (Å²) in [6, 6.07) is 7.75. The third kappa shape index (κ3) is 4.98. The summed E-state index contributed by atoms with van der Waals surface area (Å²) in [5.74, 6) is 2.66. The fourth-order valence-electron chi connectivity index (χ4n) is 1.22. The van der Waals surface area contributed by atoms with E-state index in [1.807, 2.05) is 31.2 Å². The van der Waals surface area contributed by atoms with Gasteiger partial charge in [-0.25, -0.2) is 0 Å². The summed E-state index contributed by atoms with van der Waals surface area (Å²) in [6.45, 7) is 3.40. The molecule has 0 atom stereocenters. The minimum Gasteiger partial charge on any atom is -0.494 e. The highest BCUT2D eigenvalue weighted by molar-refractivity contribution is 7.80. The van der Waals surface area contributed by atoms with Gasteiger partial charge in [-0.3, -0.25) is 0 Å².